The molecule has 0 spiro atoms. The zero-order valence-corrected chi connectivity index (χ0v) is 11.7. The van der Waals surface area contributed by atoms with Crippen LogP contribution in [0.5, 0.6) is 5.75 Å². The molecule has 0 atom stereocenters. The SMILES string of the molecule is COC(=O)CCCC#Cc1cc(OC)cc(Cl)c1N. The Labute approximate surface area is 117 Å². The molecule has 0 radical (unpaired) electrons. The minimum absolute atomic E-state index is 0.231. The third-order valence-electron chi connectivity index (χ3n) is 2.47. The van der Waals surface area contributed by atoms with Crippen molar-refractivity contribution in [2.45, 2.75) is 19.3 Å². The van der Waals surface area contributed by atoms with Crippen LogP contribution in [0, 0.1) is 11.8 Å². The number of nitrogen functional groups attached to an aromatic ring is 1. The van der Waals surface area contributed by atoms with Gasteiger partial charge in [-0.05, 0) is 12.5 Å². The van der Waals surface area contributed by atoms with E-state index < -0.39 is 0 Å². The lowest BCUT2D eigenvalue weighted by Gasteiger charge is -2.05. The number of hydrogen-bond donors (Lipinski definition) is 1. The smallest absolute Gasteiger partial charge is 0.305 e. The molecule has 0 aliphatic rings. The standard InChI is InChI=1S/C14H16ClNO3/c1-18-11-8-10(14(16)12(15)9-11)6-4-3-5-7-13(17)19-2/h8-9H,3,5,7,16H2,1-2H3. The molecule has 19 heavy (non-hydrogen) atoms. The highest BCUT2D eigenvalue weighted by atomic mass is 35.5. The molecule has 0 aliphatic carbocycles. The van der Waals surface area contributed by atoms with Crippen LogP contribution in [0.25, 0.3) is 0 Å². The highest BCUT2D eigenvalue weighted by Crippen LogP contribution is 2.28. The maximum absolute atomic E-state index is 10.9. The number of carbonyl (C=O) groups excluding carboxylic acids is 1. The summed E-state index contributed by atoms with van der Waals surface area (Å²) in [4.78, 5) is 10.9. The number of ether oxygens (including phenoxy) is 2. The Hall–Kier alpha value is -1.86. The Kier molecular flexibility index (Phi) is 6.04. The molecular weight excluding hydrogens is 266 g/mol. The van der Waals surface area contributed by atoms with Crippen molar-refractivity contribution in [2.24, 2.45) is 0 Å². The molecule has 102 valence electrons. The Morgan fingerprint density at radius 3 is 2.79 bits per heavy atom. The first-order chi connectivity index (χ1) is 9.08. The molecule has 2 N–H and O–H groups in total. The number of unbranched alkanes of at least 4 members (excludes halogenated alkanes) is 1. The molecule has 1 aromatic rings. The van der Waals surface area contributed by atoms with E-state index in [0.29, 0.717) is 41.3 Å². The zero-order chi connectivity index (χ0) is 14.3. The maximum atomic E-state index is 10.9. The Morgan fingerprint density at radius 1 is 1.42 bits per heavy atom. The number of methoxy groups -OCH3 is 2. The van der Waals surface area contributed by atoms with Gasteiger partial charge in [-0.3, -0.25) is 4.79 Å². The van der Waals surface area contributed by atoms with Crippen LogP contribution in [-0.4, -0.2) is 20.2 Å². The van der Waals surface area contributed by atoms with Crippen molar-refractivity contribution in [2.75, 3.05) is 20.0 Å². The molecule has 0 fully saturated rings. The highest BCUT2D eigenvalue weighted by Gasteiger charge is 2.05. The van der Waals surface area contributed by atoms with Gasteiger partial charge in [0.1, 0.15) is 5.75 Å². The number of anilines is 1. The van der Waals surface area contributed by atoms with Gasteiger partial charge >= 0.3 is 5.97 Å². The van der Waals surface area contributed by atoms with Crippen molar-refractivity contribution in [1.82, 2.24) is 0 Å². The monoisotopic (exact) mass is 281 g/mol. The number of nitrogens with two attached hydrogens (primary N) is 1. The van der Waals surface area contributed by atoms with E-state index >= 15 is 0 Å². The molecule has 0 aliphatic heterocycles. The summed E-state index contributed by atoms with van der Waals surface area (Å²) in [6, 6.07) is 3.37. The van der Waals surface area contributed by atoms with Crippen LogP contribution in [0.15, 0.2) is 12.1 Å². The van der Waals surface area contributed by atoms with E-state index in [0.717, 1.165) is 0 Å². The lowest BCUT2D eigenvalue weighted by Crippen LogP contribution is -1.98. The fourth-order valence-corrected chi connectivity index (χ4v) is 1.60. The number of carbonyl (C=O) groups is 1. The molecule has 4 nitrogen and oxygen atoms in total. The van der Waals surface area contributed by atoms with Crippen molar-refractivity contribution >= 4 is 23.3 Å². The second-order valence-electron chi connectivity index (χ2n) is 3.80. The molecule has 5 heteroatoms. The molecule has 0 aromatic heterocycles. The molecule has 0 saturated carbocycles. The minimum atomic E-state index is -0.231. The summed E-state index contributed by atoms with van der Waals surface area (Å²) in [5.41, 5.74) is 6.89. The first kappa shape index (κ1) is 15.2. The highest BCUT2D eigenvalue weighted by molar-refractivity contribution is 6.33. The molecule has 1 aromatic carbocycles. The van der Waals surface area contributed by atoms with Gasteiger partial charge in [0.25, 0.3) is 0 Å². The fourth-order valence-electron chi connectivity index (χ4n) is 1.40. The van der Waals surface area contributed by atoms with E-state index in [-0.39, 0.29) is 5.97 Å². The van der Waals surface area contributed by atoms with E-state index in [2.05, 4.69) is 16.6 Å². The first-order valence-electron chi connectivity index (χ1n) is 5.77. The van der Waals surface area contributed by atoms with Gasteiger partial charge in [0.05, 0.1) is 30.5 Å². The second-order valence-corrected chi connectivity index (χ2v) is 4.21. The van der Waals surface area contributed by atoms with Gasteiger partial charge in [0.2, 0.25) is 0 Å². The maximum Gasteiger partial charge on any atom is 0.305 e. The minimum Gasteiger partial charge on any atom is -0.497 e. The quantitative estimate of drug-likeness (QED) is 0.399. The third kappa shape index (κ3) is 4.72. The predicted molar refractivity (Wildman–Crippen MR) is 75.2 cm³/mol. The Bertz CT molecular complexity index is 517. The van der Waals surface area contributed by atoms with Crippen LogP contribution in [-0.2, 0) is 9.53 Å². The van der Waals surface area contributed by atoms with Crippen LogP contribution >= 0.6 is 11.6 Å². The van der Waals surface area contributed by atoms with Gasteiger partial charge in [-0.1, -0.05) is 23.4 Å². The van der Waals surface area contributed by atoms with Gasteiger partial charge in [-0.25, -0.2) is 0 Å². The van der Waals surface area contributed by atoms with Crippen LogP contribution < -0.4 is 10.5 Å². The number of hydrogen-bond acceptors (Lipinski definition) is 4. The van der Waals surface area contributed by atoms with Crippen molar-refractivity contribution in [3.63, 3.8) is 0 Å². The van der Waals surface area contributed by atoms with E-state index in [1.165, 1.54) is 7.11 Å². The molecular formula is C14H16ClNO3. The summed E-state index contributed by atoms with van der Waals surface area (Å²) in [5, 5.41) is 0.415. The van der Waals surface area contributed by atoms with E-state index in [1.807, 2.05) is 0 Å². The van der Waals surface area contributed by atoms with Crippen molar-refractivity contribution < 1.29 is 14.3 Å². The van der Waals surface area contributed by atoms with Gasteiger partial charge in [-0.2, -0.15) is 0 Å². The summed E-state index contributed by atoms with van der Waals surface area (Å²) in [7, 11) is 2.92. The van der Waals surface area contributed by atoms with Crippen LogP contribution in [0.2, 0.25) is 5.02 Å². The molecule has 0 heterocycles. The average Bonchev–Trinajstić information content (AvgIpc) is 2.42. The largest absolute Gasteiger partial charge is 0.497 e. The van der Waals surface area contributed by atoms with Gasteiger partial charge in [-0.15, -0.1) is 0 Å². The lowest BCUT2D eigenvalue weighted by atomic mass is 10.1. The lowest BCUT2D eigenvalue weighted by molar-refractivity contribution is -0.140. The molecule has 1 rings (SSSR count). The number of rotatable bonds is 4. The molecule has 0 bridgehead atoms. The average molecular weight is 282 g/mol. The van der Waals surface area contributed by atoms with Gasteiger partial charge in [0, 0.05) is 18.9 Å². The topological polar surface area (TPSA) is 61.5 Å². The summed E-state index contributed by atoms with van der Waals surface area (Å²) in [6.07, 6.45) is 1.60. The number of esters is 1. The Balaban J connectivity index is 2.67. The van der Waals surface area contributed by atoms with Crippen LogP contribution in [0.4, 0.5) is 5.69 Å². The summed E-state index contributed by atoms with van der Waals surface area (Å²) in [5.74, 6) is 6.26. The van der Waals surface area contributed by atoms with Crippen LogP contribution in [0.1, 0.15) is 24.8 Å². The van der Waals surface area contributed by atoms with Gasteiger partial charge < -0.3 is 15.2 Å². The molecule has 0 saturated heterocycles. The van der Waals surface area contributed by atoms with Crippen molar-refractivity contribution in [3.05, 3.63) is 22.7 Å². The van der Waals surface area contributed by atoms with E-state index in [1.54, 1.807) is 19.2 Å². The van der Waals surface area contributed by atoms with E-state index in [4.69, 9.17) is 22.1 Å². The van der Waals surface area contributed by atoms with Crippen molar-refractivity contribution in [3.8, 4) is 17.6 Å². The Morgan fingerprint density at radius 2 is 2.16 bits per heavy atom. The first-order valence-corrected chi connectivity index (χ1v) is 6.15. The number of halogens is 1. The van der Waals surface area contributed by atoms with Crippen molar-refractivity contribution in [1.29, 1.82) is 0 Å². The summed E-state index contributed by atoms with van der Waals surface area (Å²) in [6.45, 7) is 0. The van der Waals surface area contributed by atoms with Gasteiger partial charge in [0.15, 0.2) is 0 Å². The molecule has 0 amide bonds. The van der Waals surface area contributed by atoms with Crippen LogP contribution in [0.3, 0.4) is 0 Å². The fraction of sp³-hybridized carbons (Fsp3) is 0.357. The number of benzene rings is 1. The normalized spacial score (nSPS) is 9.42. The summed E-state index contributed by atoms with van der Waals surface area (Å²) >= 11 is 5.96. The third-order valence-corrected chi connectivity index (χ3v) is 2.78. The predicted octanol–water partition coefficient (Wildman–Crippen LogP) is 2.63. The second kappa shape index (κ2) is 7.55. The zero-order valence-electron chi connectivity index (χ0n) is 11.0. The molecule has 0 unspecified atom stereocenters. The summed E-state index contributed by atoms with van der Waals surface area (Å²) < 4.78 is 9.63. The van der Waals surface area contributed by atoms with E-state index in [9.17, 15) is 4.79 Å².